The fraction of sp³-hybridized carbons (Fsp3) is 0.296. The lowest BCUT2D eigenvalue weighted by molar-refractivity contribution is -0.143. The Kier molecular flexibility index (Phi) is 5.82. The van der Waals surface area contributed by atoms with Gasteiger partial charge in [-0.05, 0) is 55.2 Å². The van der Waals surface area contributed by atoms with Gasteiger partial charge in [0.05, 0.1) is 29.2 Å². The molecule has 0 atom stereocenters. The predicted molar refractivity (Wildman–Crippen MR) is 128 cm³/mol. The van der Waals surface area contributed by atoms with Crippen LogP contribution in [0.4, 0.5) is 0 Å². The first-order valence-corrected chi connectivity index (χ1v) is 11.5. The predicted octanol–water partition coefficient (Wildman–Crippen LogP) is 4.86. The van der Waals surface area contributed by atoms with Crippen LogP contribution in [0.1, 0.15) is 41.7 Å². The van der Waals surface area contributed by atoms with E-state index in [-0.39, 0.29) is 11.8 Å². The zero-order valence-electron chi connectivity index (χ0n) is 18.4. The third-order valence-electron chi connectivity index (χ3n) is 6.80. The maximum atomic E-state index is 13.1. The van der Waals surface area contributed by atoms with Crippen molar-refractivity contribution in [3.05, 3.63) is 78.2 Å². The van der Waals surface area contributed by atoms with E-state index in [4.69, 9.17) is 0 Å². The molecule has 33 heavy (non-hydrogen) atoms. The maximum absolute atomic E-state index is 13.1. The van der Waals surface area contributed by atoms with Crippen LogP contribution in [0, 0.1) is 11.8 Å². The summed E-state index contributed by atoms with van der Waals surface area (Å²) < 4.78 is 2.08. The van der Waals surface area contributed by atoms with Crippen LogP contribution in [0.2, 0.25) is 0 Å². The number of benzene rings is 2. The summed E-state index contributed by atoms with van der Waals surface area (Å²) in [6, 6.07) is 18.1. The highest BCUT2D eigenvalue weighted by Crippen LogP contribution is 2.29. The standard InChI is InChI=1S/C27H27N3O3/c31-26(29-15-18-8-10-20(11-9-18)27(32)33)24-7-3-6-19-12-13-30(25(19)24)17-23-14-21-4-1-2-5-22(21)16-28-23/h1-7,12-14,16,18,20H,8-11,15,17H2,(H,29,31)(H,32,33). The molecular formula is C27H27N3O3. The maximum Gasteiger partial charge on any atom is 0.306 e. The van der Waals surface area contributed by atoms with Gasteiger partial charge in [-0.1, -0.05) is 36.4 Å². The number of para-hydroxylation sites is 1. The van der Waals surface area contributed by atoms with Crippen molar-refractivity contribution in [3.63, 3.8) is 0 Å². The summed E-state index contributed by atoms with van der Waals surface area (Å²) >= 11 is 0. The van der Waals surface area contributed by atoms with Gasteiger partial charge in [0.25, 0.3) is 5.91 Å². The van der Waals surface area contributed by atoms with Crippen LogP contribution in [0.3, 0.4) is 0 Å². The number of fused-ring (bicyclic) bond motifs is 2. The van der Waals surface area contributed by atoms with Crippen LogP contribution in [-0.2, 0) is 11.3 Å². The summed E-state index contributed by atoms with van der Waals surface area (Å²) in [5, 5.41) is 15.5. The second-order valence-corrected chi connectivity index (χ2v) is 8.98. The van der Waals surface area contributed by atoms with Crippen LogP contribution < -0.4 is 5.32 Å². The lowest BCUT2D eigenvalue weighted by atomic mass is 9.82. The number of aliphatic carboxylic acids is 1. The average Bonchev–Trinajstić information content (AvgIpc) is 3.25. The van der Waals surface area contributed by atoms with E-state index < -0.39 is 5.97 Å². The summed E-state index contributed by atoms with van der Waals surface area (Å²) in [7, 11) is 0. The van der Waals surface area contributed by atoms with E-state index in [1.54, 1.807) is 0 Å². The average molecular weight is 442 g/mol. The topological polar surface area (TPSA) is 84.2 Å². The first-order valence-electron chi connectivity index (χ1n) is 11.5. The minimum atomic E-state index is -0.703. The highest BCUT2D eigenvalue weighted by Gasteiger charge is 2.26. The normalized spacial score (nSPS) is 18.4. The molecule has 2 N–H and O–H groups in total. The molecule has 4 aromatic rings. The van der Waals surface area contributed by atoms with Crippen molar-refractivity contribution in [2.75, 3.05) is 6.54 Å². The van der Waals surface area contributed by atoms with Crippen molar-refractivity contribution in [1.29, 1.82) is 0 Å². The molecule has 1 saturated carbocycles. The minimum Gasteiger partial charge on any atom is -0.481 e. The van der Waals surface area contributed by atoms with Crippen LogP contribution >= 0.6 is 0 Å². The van der Waals surface area contributed by atoms with E-state index in [1.165, 1.54) is 0 Å². The summed E-state index contributed by atoms with van der Waals surface area (Å²) in [6.07, 6.45) is 6.95. The fourth-order valence-electron chi connectivity index (χ4n) is 4.91. The Hall–Kier alpha value is -3.67. The number of hydrogen-bond donors (Lipinski definition) is 2. The number of rotatable bonds is 6. The van der Waals surface area contributed by atoms with Crippen LogP contribution in [0.25, 0.3) is 21.7 Å². The van der Waals surface area contributed by atoms with Crippen molar-refractivity contribution in [2.45, 2.75) is 32.2 Å². The molecule has 6 heteroatoms. The van der Waals surface area contributed by atoms with Crippen molar-refractivity contribution in [3.8, 4) is 0 Å². The van der Waals surface area contributed by atoms with Crippen LogP contribution in [0.5, 0.6) is 0 Å². The Morgan fingerprint density at radius 1 is 0.970 bits per heavy atom. The summed E-state index contributed by atoms with van der Waals surface area (Å²) in [4.78, 5) is 28.9. The van der Waals surface area contributed by atoms with Gasteiger partial charge in [-0.2, -0.15) is 0 Å². The number of nitrogens with one attached hydrogen (secondary N) is 1. The number of amides is 1. The number of carboxylic acids is 1. The zero-order chi connectivity index (χ0) is 22.8. The molecular weight excluding hydrogens is 414 g/mol. The highest BCUT2D eigenvalue weighted by atomic mass is 16.4. The second-order valence-electron chi connectivity index (χ2n) is 8.98. The largest absolute Gasteiger partial charge is 0.481 e. The number of carbonyl (C=O) groups excluding carboxylic acids is 1. The number of aromatic nitrogens is 2. The molecule has 2 aromatic heterocycles. The second kappa shape index (κ2) is 9.06. The minimum absolute atomic E-state index is 0.0904. The Labute approximate surface area is 192 Å². The zero-order valence-corrected chi connectivity index (χ0v) is 18.4. The molecule has 1 aliphatic carbocycles. The van der Waals surface area contributed by atoms with Crippen molar-refractivity contribution in [2.24, 2.45) is 11.8 Å². The van der Waals surface area contributed by atoms with Crippen LogP contribution in [-0.4, -0.2) is 33.1 Å². The third-order valence-corrected chi connectivity index (χ3v) is 6.80. The monoisotopic (exact) mass is 441 g/mol. The molecule has 0 bridgehead atoms. The van der Waals surface area contributed by atoms with E-state index in [9.17, 15) is 14.7 Å². The van der Waals surface area contributed by atoms with Crippen molar-refractivity contribution >= 4 is 33.6 Å². The molecule has 6 nitrogen and oxygen atoms in total. The molecule has 2 aromatic carbocycles. The molecule has 0 unspecified atom stereocenters. The van der Waals surface area contributed by atoms with Gasteiger partial charge in [0, 0.05) is 29.7 Å². The van der Waals surface area contributed by atoms with Gasteiger partial charge in [0.15, 0.2) is 0 Å². The van der Waals surface area contributed by atoms with Gasteiger partial charge in [-0.3, -0.25) is 14.6 Å². The number of pyridine rings is 1. The number of carboxylic acid groups (broad SMARTS) is 1. The molecule has 2 heterocycles. The fourth-order valence-corrected chi connectivity index (χ4v) is 4.91. The van der Waals surface area contributed by atoms with Gasteiger partial charge in [0.2, 0.25) is 0 Å². The molecule has 1 fully saturated rings. The van der Waals surface area contributed by atoms with E-state index >= 15 is 0 Å². The van der Waals surface area contributed by atoms with E-state index in [0.717, 1.165) is 40.2 Å². The van der Waals surface area contributed by atoms with Gasteiger partial charge in [-0.25, -0.2) is 0 Å². The van der Waals surface area contributed by atoms with Crippen molar-refractivity contribution < 1.29 is 14.7 Å². The first kappa shape index (κ1) is 21.2. The molecule has 0 aliphatic heterocycles. The lowest BCUT2D eigenvalue weighted by Crippen LogP contribution is -2.32. The smallest absolute Gasteiger partial charge is 0.306 e. The SMILES string of the molecule is O=C(NCC1CCC(C(=O)O)CC1)c1cccc2ccn(Cc3cc4ccccc4cn3)c12. The van der Waals surface area contributed by atoms with Gasteiger partial charge < -0.3 is 15.0 Å². The summed E-state index contributed by atoms with van der Waals surface area (Å²) in [5.41, 5.74) is 2.49. The Balaban J connectivity index is 1.33. The molecule has 1 amide bonds. The van der Waals surface area contributed by atoms with Gasteiger partial charge >= 0.3 is 5.97 Å². The lowest BCUT2D eigenvalue weighted by Gasteiger charge is -2.26. The molecule has 0 spiro atoms. The Morgan fingerprint density at radius 2 is 1.73 bits per heavy atom. The summed E-state index contributed by atoms with van der Waals surface area (Å²) in [5.74, 6) is -0.701. The van der Waals surface area contributed by atoms with E-state index in [2.05, 4.69) is 27.0 Å². The Morgan fingerprint density at radius 3 is 2.52 bits per heavy atom. The van der Waals surface area contributed by atoms with E-state index in [1.807, 2.05) is 54.9 Å². The molecule has 168 valence electrons. The van der Waals surface area contributed by atoms with Gasteiger partial charge in [0.1, 0.15) is 0 Å². The molecule has 1 aliphatic rings. The molecule has 0 saturated heterocycles. The first-order chi connectivity index (χ1) is 16.1. The molecule has 0 radical (unpaired) electrons. The number of nitrogens with zero attached hydrogens (tertiary/aromatic N) is 2. The summed E-state index contributed by atoms with van der Waals surface area (Å²) in [6.45, 7) is 1.16. The Bertz CT molecular complexity index is 1320. The molecule has 5 rings (SSSR count). The van der Waals surface area contributed by atoms with Gasteiger partial charge in [-0.15, -0.1) is 0 Å². The third kappa shape index (κ3) is 4.46. The van der Waals surface area contributed by atoms with E-state index in [0.29, 0.717) is 37.4 Å². The number of carbonyl (C=O) groups is 2. The quantitative estimate of drug-likeness (QED) is 0.448. The number of hydrogen-bond acceptors (Lipinski definition) is 3. The van der Waals surface area contributed by atoms with Crippen molar-refractivity contribution in [1.82, 2.24) is 14.9 Å². The highest BCUT2D eigenvalue weighted by molar-refractivity contribution is 6.06. The van der Waals surface area contributed by atoms with Crippen LogP contribution in [0.15, 0.2) is 67.0 Å².